The van der Waals surface area contributed by atoms with E-state index in [1.54, 1.807) is 12.5 Å². The average molecular weight is 362 g/mol. The monoisotopic (exact) mass is 362 g/mol. The molecule has 1 saturated carbocycles. The van der Waals surface area contributed by atoms with Gasteiger partial charge in [0.1, 0.15) is 11.9 Å². The van der Waals surface area contributed by atoms with E-state index in [0.717, 1.165) is 47.7 Å². The number of aryl methyl sites for hydroxylation is 1. The van der Waals surface area contributed by atoms with Crippen LogP contribution in [-0.2, 0) is 16.0 Å². The van der Waals surface area contributed by atoms with Gasteiger partial charge in [-0.3, -0.25) is 0 Å². The zero-order valence-corrected chi connectivity index (χ0v) is 15.5. The van der Waals surface area contributed by atoms with Crippen LogP contribution < -0.4 is 0 Å². The number of esters is 1. The van der Waals surface area contributed by atoms with Crippen LogP contribution in [0.1, 0.15) is 31.6 Å². The average Bonchev–Trinajstić information content (AvgIpc) is 3.46. The second-order valence-corrected chi connectivity index (χ2v) is 6.73. The lowest BCUT2D eigenvalue weighted by atomic mass is 10.1. The molecule has 6 heteroatoms. The lowest BCUT2D eigenvalue weighted by Crippen LogP contribution is -2.23. The van der Waals surface area contributed by atoms with Gasteiger partial charge >= 0.3 is 5.97 Å². The Morgan fingerprint density at radius 3 is 2.67 bits per heavy atom. The molecule has 1 fully saturated rings. The fraction of sp³-hybridized carbons (Fsp3) is 0.333. The second-order valence-electron chi connectivity index (χ2n) is 6.73. The van der Waals surface area contributed by atoms with E-state index in [0.29, 0.717) is 0 Å². The van der Waals surface area contributed by atoms with Crippen LogP contribution in [0.3, 0.4) is 0 Å². The summed E-state index contributed by atoms with van der Waals surface area (Å²) in [7, 11) is 1.44. The number of aromatic nitrogens is 4. The van der Waals surface area contributed by atoms with Crippen molar-refractivity contribution in [1.82, 2.24) is 19.5 Å². The summed E-state index contributed by atoms with van der Waals surface area (Å²) in [6.45, 7) is 2.02. The number of hydrogen-bond acceptors (Lipinski definition) is 5. The summed E-state index contributed by atoms with van der Waals surface area (Å²) in [5, 5.41) is 0. The third kappa shape index (κ3) is 3.35. The number of hydrogen-bond donors (Lipinski definition) is 0. The minimum absolute atomic E-state index is 0.236. The molecule has 6 nitrogen and oxygen atoms in total. The van der Waals surface area contributed by atoms with E-state index >= 15 is 0 Å². The molecule has 0 spiro atoms. The second kappa shape index (κ2) is 7.31. The molecule has 0 aliphatic heterocycles. The number of methoxy groups -OCH3 is 1. The molecular weight excluding hydrogens is 340 g/mol. The molecule has 1 atom stereocenters. The predicted molar refractivity (Wildman–Crippen MR) is 102 cm³/mol. The molecule has 0 amide bonds. The Bertz CT molecular complexity index is 948. The first-order chi connectivity index (χ1) is 13.2. The third-order valence-corrected chi connectivity index (χ3v) is 4.92. The molecule has 0 saturated heterocycles. The molecule has 4 rings (SSSR count). The summed E-state index contributed by atoms with van der Waals surface area (Å²) in [5.74, 6) is 0.808. The van der Waals surface area contributed by atoms with Gasteiger partial charge in [-0.15, -0.1) is 0 Å². The molecular formula is C21H22N4O2. The van der Waals surface area contributed by atoms with Gasteiger partial charge in [0.2, 0.25) is 0 Å². The molecule has 1 aliphatic rings. The zero-order valence-electron chi connectivity index (χ0n) is 15.5. The van der Waals surface area contributed by atoms with Crippen LogP contribution in [0.5, 0.6) is 0 Å². The fourth-order valence-corrected chi connectivity index (χ4v) is 3.40. The van der Waals surface area contributed by atoms with Crippen molar-refractivity contribution in [2.45, 2.75) is 32.2 Å². The van der Waals surface area contributed by atoms with Crippen molar-refractivity contribution in [3.63, 3.8) is 0 Å². The zero-order chi connectivity index (χ0) is 18.8. The van der Waals surface area contributed by atoms with E-state index < -0.39 is 0 Å². The quantitative estimate of drug-likeness (QED) is 0.626. The molecule has 3 aromatic rings. The van der Waals surface area contributed by atoms with Crippen molar-refractivity contribution in [3.05, 3.63) is 54.7 Å². The molecule has 1 aromatic carbocycles. The van der Waals surface area contributed by atoms with Gasteiger partial charge in [0, 0.05) is 18.2 Å². The predicted octanol–water partition coefficient (Wildman–Crippen LogP) is 3.69. The first-order valence-corrected chi connectivity index (χ1v) is 9.25. The maximum Gasteiger partial charge on any atom is 0.329 e. The van der Waals surface area contributed by atoms with Crippen molar-refractivity contribution in [2.75, 3.05) is 7.11 Å². The van der Waals surface area contributed by atoms with Gasteiger partial charge in [0.25, 0.3) is 0 Å². The van der Waals surface area contributed by atoms with Crippen molar-refractivity contribution >= 4 is 5.97 Å². The smallest absolute Gasteiger partial charge is 0.329 e. The van der Waals surface area contributed by atoms with E-state index in [1.807, 2.05) is 47.9 Å². The van der Waals surface area contributed by atoms with Crippen LogP contribution >= 0.6 is 0 Å². The van der Waals surface area contributed by atoms with E-state index in [2.05, 4.69) is 9.97 Å². The van der Waals surface area contributed by atoms with Crippen molar-refractivity contribution in [1.29, 1.82) is 0 Å². The molecule has 2 aromatic heterocycles. The molecule has 0 bridgehead atoms. The Morgan fingerprint density at radius 1 is 1.22 bits per heavy atom. The molecule has 0 unspecified atom stereocenters. The molecule has 138 valence electrons. The minimum Gasteiger partial charge on any atom is -0.467 e. The Balaban J connectivity index is 1.91. The summed E-state index contributed by atoms with van der Waals surface area (Å²) in [5.41, 5.74) is 3.40. The van der Waals surface area contributed by atoms with Crippen LogP contribution in [0.25, 0.3) is 22.6 Å². The summed E-state index contributed by atoms with van der Waals surface area (Å²) >= 11 is 0. The number of imidazole rings is 1. The number of rotatable bonds is 6. The SMILES string of the molecule is CCc1nccc(-c2c(-c3ccccc3)ncn2[C@H](C(=O)OC)C2CC2)n1. The van der Waals surface area contributed by atoms with Crippen molar-refractivity contribution in [3.8, 4) is 22.6 Å². The summed E-state index contributed by atoms with van der Waals surface area (Å²) in [6, 6.07) is 11.5. The van der Waals surface area contributed by atoms with E-state index in [-0.39, 0.29) is 17.9 Å². The minimum atomic E-state index is -0.380. The van der Waals surface area contributed by atoms with Crippen LogP contribution in [0.15, 0.2) is 48.9 Å². The third-order valence-electron chi connectivity index (χ3n) is 4.92. The highest BCUT2D eigenvalue weighted by molar-refractivity contribution is 5.81. The van der Waals surface area contributed by atoms with Gasteiger partial charge in [-0.1, -0.05) is 37.3 Å². The molecule has 0 radical (unpaired) electrons. The first-order valence-electron chi connectivity index (χ1n) is 9.25. The lowest BCUT2D eigenvalue weighted by Gasteiger charge is -2.19. The van der Waals surface area contributed by atoms with E-state index in [1.165, 1.54) is 7.11 Å². The topological polar surface area (TPSA) is 69.9 Å². The van der Waals surface area contributed by atoms with Gasteiger partial charge in [0.05, 0.1) is 30.5 Å². The molecule has 0 N–H and O–H groups in total. The van der Waals surface area contributed by atoms with Crippen molar-refractivity contribution < 1.29 is 9.53 Å². The molecule has 2 heterocycles. The highest BCUT2D eigenvalue weighted by atomic mass is 16.5. The van der Waals surface area contributed by atoms with E-state index in [4.69, 9.17) is 9.72 Å². The lowest BCUT2D eigenvalue weighted by molar-refractivity contribution is -0.145. The molecule has 1 aliphatic carbocycles. The summed E-state index contributed by atoms with van der Waals surface area (Å²) < 4.78 is 7.04. The number of benzene rings is 1. The van der Waals surface area contributed by atoms with Gasteiger partial charge in [-0.05, 0) is 24.8 Å². The summed E-state index contributed by atoms with van der Waals surface area (Å²) in [6.07, 6.45) is 6.28. The van der Waals surface area contributed by atoms with E-state index in [9.17, 15) is 4.79 Å². The van der Waals surface area contributed by atoms with Crippen LogP contribution in [0.4, 0.5) is 0 Å². The first kappa shape index (κ1) is 17.4. The van der Waals surface area contributed by atoms with Crippen LogP contribution in [0, 0.1) is 5.92 Å². The Labute approximate surface area is 158 Å². The van der Waals surface area contributed by atoms with Gasteiger partial charge in [-0.25, -0.2) is 19.7 Å². The highest BCUT2D eigenvalue weighted by Crippen LogP contribution is 2.43. The fourth-order valence-electron chi connectivity index (χ4n) is 3.40. The van der Waals surface area contributed by atoms with Gasteiger partial charge in [0.15, 0.2) is 0 Å². The standard InChI is InChI=1S/C21H22N4O2/c1-3-17-22-12-11-16(24-17)20-18(14-7-5-4-6-8-14)23-13-25(20)19(15-9-10-15)21(26)27-2/h4-8,11-13,15,19H,3,9-10H2,1-2H3/t19-/m0/s1. The summed E-state index contributed by atoms with van der Waals surface area (Å²) in [4.78, 5) is 26.2. The Kier molecular flexibility index (Phi) is 4.71. The maximum atomic E-state index is 12.5. The number of ether oxygens (including phenoxy) is 1. The van der Waals surface area contributed by atoms with Crippen LogP contribution in [-0.4, -0.2) is 32.6 Å². The maximum absolute atomic E-state index is 12.5. The largest absolute Gasteiger partial charge is 0.467 e. The number of nitrogens with zero attached hydrogens (tertiary/aromatic N) is 4. The Hall–Kier alpha value is -3.02. The Morgan fingerprint density at radius 2 is 2.00 bits per heavy atom. The molecule has 27 heavy (non-hydrogen) atoms. The van der Waals surface area contributed by atoms with Crippen molar-refractivity contribution in [2.24, 2.45) is 5.92 Å². The van der Waals surface area contributed by atoms with Gasteiger partial charge in [-0.2, -0.15) is 0 Å². The number of carbonyl (C=O) groups excluding carboxylic acids is 1. The highest BCUT2D eigenvalue weighted by Gasteiger charge is 2.40. The van der Waals surface area contributed by atoms with Crippen LogP contribution in [0.2, 0.25) is 0 Å². The van der Waals surface area contributed by atoms with Gasteiger partial charge < -0.3 is 9.30 Å². The number of carbonyl (C=O) groups is 1. The normalized spacial score (nSPS) is 14.7.